The number of carbonyl (C=O) groups is 3. The average molecular weight is 310 g/mol. The van der Waals surface area contributed by atoms with Crippen molar-refractivity contribution in [3.05, 3.63) is 35.9 Å². The number of hydrogen-bond acceptors (Lipinski definition) is 4. The second-order valence-corrected chi connectivity index (χ2v) is 6.34. The highest BCUT2D eigenvalue weighted by atomic mass is 16.2. The molecule has 1 aliphatic carbocycles. The Balaban J connectivity index is 1.69. The summed E-state index contributed by atoms with van der Waals surface area (Å²) in [6.45, 7) is 1.04. The molecule has 1 aliphatic heterocycles. The molecule has 2 atom stereocenters. The zero-order valence-electron chi connectivity index (χ0n) is 12.8. The van der Waals surface area contributed by atoms with Gasteiger partial charge >= 0.3 is 0 Å². The Labute approximate surface area is 134 Å². The smallest absolute Gasteiger partial charge is 0.223 e. The summed E-state index contributed by atoms with van der Waals surface area (Å²) in [5, 5.41) is 9.29. The molecule has 1 aromatic carbocycles. The van der Waals surface area contributed by atoms with Crippen LogP contribution >= 0.6 is 0 Å². The standard InChI is InChI=1S/C18H18N2O3/c19-9-15(17(22)13-4-2-1-3-5-13)18(23)14-8-16(21)20(11-14)10-12-6-7-12/h1-5,12,14-15H,6-8,10-11H2/t14-,15+/m0/s1. The van der Waals surface area contributed by atoms with Crippen LogP contribution in [-0.2, 0) is 9.59 Å². The summed E-state index contributed by atoms with van der Waals surface area (Å²) in [5.41, 5.74) is 0.353. The molecule has 0 radical (unpaired) electrons. The lowest BCUT2D eigenvalue weighted by atomic mass is 9.87. The van der Waals surface area contributed by atoms with E-state index < -0.39 is 23.4 Å². The fourth-order valence-electron chi connectivity index (χ4n) is 3.01. The highest BCUT2D eigenvalue weighted by Gasteiger charge is 2.41. The molecule has 118 valence electrons. The third kappa shape index (κ3) is 3.31. The predicted molar refractivity (Wildman–Crippen MR) is 82.3 cm³/mol. The Morgan fingerprint density at radius 3 is 2.57 bits per heavy atom. The summed E-state index contributed by atoms with van der Waals surface area (Å²) in [5.74, 6) is -2.25. The number of hydrogen-bond donors (Lipinski definition) is 0. The van der Waals surface area contributed by atoms with E-state index in [2.05, 4.69) is 0 Å². The van der Waals surface area contributed by atoms with Gasteiger partial charge in [-0.2, -0.15) is 5.26 Å². The van der Waals surface area contributed by atoms with Crippen molar-refractivity contribution < 1.29 is 14.4 Å². The second kappa shape index (κ2) is 6.33. The lowest BCUT2D eigenvalue weighted by Gasteiger charge is -2.16. The van der Waals surface area contributed by atoms with Gasteiger partial charge in [0.2, 0.25) is 5.91 Å². The van der Waals surface area contributed by atoms with Gasteiger partial charge in [-0.3, -0.25) is 14.4 Å². The molecule has 0 bridgehead atoms. The van der Waals surface area contributed by atoms with Gasteiger partial charge in [-0.05, 0) is 18.8 Å². The lowest BCUT2D eigenvalue weighted by Crippen LogP contribution is -2.32. The Kier molecular flexibility index (Phi) is 4.24. The Morgan fingerprint density at radius 2 is 1.96 bits per heavy atom. The van der Waals surface area contributed by atoms with Crippen molar-refractivity contribution in [3.8, 4) is 6.07 Å². The topological polar surface area (TPSA) is 78.2 Å². The average Bonchev–Trinajstić information content (AvgIpc) is 3.31. The fourth-order valence-corrected chi connectivity index (χ4v) is 3.01. The van der Waals surface area contributed by atoms with Crippen LogP contribution in [0.5, 0.6) is 0 Å². The van der Waals surface area contributed by atoms with Crippen LogP contribution in [0.3, 0.4) is 0 Å². The molecular formula is C18H18N2O3. The van der Waals surface area contributed by atoms with Crippen LogP contribution in [-0.4, -0.2) is 35.5 Å². The van der Waals surface area contributed by atoms with E-state index in [1.165, 1.54) is 0 Å². The number of nitriles is 1. The molecule has 23 heavy (non-hydrogen) atoms. The number of amides is 1. The summed E-state index contributed by atoms with van der Waals surface area (Å²) in [7, 11) is 0. The first kappa shape index (κ1) is 15.4. The molecule has 1 saturated carbocycles. The predicted octanol–water partition coefficient (Wildman–Crippen LogP) is 1.84. The molecule has 5 nitrogen and oxygen atoms in total. The summed E-state index contributed by atoms with van der Waals surface area (Å²) >= 11 is 0. The van der Waals surface area contributed by atoms with Gasteiger partial charge in [-0.25, -0.2) is 0 Å². The highest BCUT2D eigenvalue weighted by molar-refractivity contribution is 6.14. The Hall–Kier alpha value is -2.48. The van der Waals surface area contributed by atoms with Gasteiger partial charge in [0.25, 0.3) is 0 Å². The van der Waals surface area contributed by atoms with Gasteiger partial charge in [-0.1, -0.05) is 30.3 Å². The lowest BCUT2D eigenvalue weighted by molar-refractivity contribution is -0.129. The first-order valence-corrected chi connectivity index (χ1v) is 7.90. The minimum Gasteiger partial charge on any atom is -0.342 e. The molecule has 2 fully saturated rings. The third-order valence-electron chi connectivity index (χ3n) is 4.53. The van der Waals surface area contributed by atoms with Crippen LogP contribution in [0.2, 0.25) is 0 Å². The van der Waals surface area contributed by atoms with Crippen LogP contribution in [0, 0.1) is 29.1 Å². The first-order valence-electron chi connectivity index (χ1n) is 7.90. The largest absolute Gasteiger partial charge is 0.342 e. The van der Waals surface area contributed by atoms with Crippen molar-refractivity contribution in [2.24, 2.45) is 17.8 Å². The molecule has 0 aromatic heterocycles. The minimum atomic E-state index is -1.32. The highest BCUT2D eigenvalue weighted by Crippen LogP contribution is 2.32. The fraction of sp³-hybridized carbons (Fsp3) is 0.444. The number of carbonyl (C=O) groups excluding carboxylic acids is 3. The monoisotopic (exact) mass is 310 g/mol. The van der Waals surface area contributed by atoms with E-state index in [1.807, 2.05) is 6.07 Å². The Morgan fingerprint density at radius 1 is 1.26 bits per heavy atom. The maximum absolute atomic E-state index is 12.6. The number of ketones is 2. The maximum atomic E-state index is 12.6. The van der Waals surface area contributed by atoms with E-state index in [9.17, 15) is 19.6 Å². The number of benzene rings is 1. The summed E-state index contributed by atoms with van der Waals surface area (Å²) in [4.78, 5) is 38.7. The van der Waals surface area contributed by atoms with Crippen molar-refractivity contribution >= 4 is 17.5 Å². The van der Waals surface area contributed by atoms with Crippen molar-refractivity contribution in [2.45, 2.75) is 19.3 Å². The van der Waals surface area contributed by atoms with Crippen molar-refractivity contribution in [1.82, 2.24) is 4.90 Å². The maximum Gasteiger partial charge on any atom is 0.223 e. The summed E-state index contributed by atoms with van der Waals surface area (Å²) in [6, 6.07) is 10.2. The van der Waals surface area contributed by atoms with Crippen LogP contribution in [0.15, 0.2) is 30.3 Å². The Bertz CT molecular complexity index is 673. The van der Waals surface area contributed by atoms with Gasteiger partial charge in [0, 0.05) is 31.0 Å². The van der Waals surface area contributed by atoms with Crippen LogP contribution in [0.25, 0.3) is 0 Å². The molecule has 1 aromatic rings. The molecule has 2 aliphatic rings. The SMILES string of the molecule is N#C[C@H](C(=O)c1ccccc1)C(=O)[C@H]1CC(=O)N(CC2CC2)C1. The summed E-state index contributed by atoms with van der Waals surface area (Å²) < 4.78 is 0. The van der Waals surface area contributed by atoms with E-state index in [0.717, 1.165) is 12.8 Å². The first-order chi connectivity index (χ1) is 11.1. The molecule has 1 saturated heterocycles. The second-order valence-electron chi connectivity index (χ2n) is 6.34. The van der Waals surface area contributed by atoms with Crippen molar-refractivity contribution in [1.29, 1.82) is 5.26 Å². The number of nitrogens with zero attached hydrogens (tertiary/aromatic N) is 2. The van der Waals surface area contributed by atoms with Crippen molar-refractivity contribution in [3.63, 3.8) is 0 Å². The molecule has 1 amide bonds. The number of likely N-dealkylation sites (tertiary alicyclic amines) is 1. The molecule has 1 heterocycles. The number of rotatable bonds is 6. The van der Waals surface area contributed by atoms with E-state index in [0.29, 0.717) is 24.6 Å². The molecule has 0 spiro atoms. The molecule has 5 heteroatoms. The summed E-state index contributed by atoms with van der Waals surface area (Å²) in [6.07, 6.45) is 2.39. The van der Waals surface area contributed by atoms with E-state index >= 15 is 0 Å². The normalized spacial score (nSPS) is 21.8. The van der Waals surface area contributed by atoms with Crippen LogP contribution in [0.1, 0.15) is 29.6 Å². The quantitative estimate of drug-likeness (QED) is 0.593. The molecule has 3 rings (SSSR count). The molecule has 0 unspecified atom stereocenters. The van der Waals surface area contributed by atoms with Gasteiger partial charge in [0.1, 0.15) is 0 Å². The van der Waals surface area contributed by atoms with Gasteiger partial charge in [-0.15, -0.1) is 0 Å². The third-order valence-corrected chi connectivity index (χ3v) is 4.53. The van der Waals surface area contributed by atoms with E-state index in [-0.39, 0.29) is 12.3 Å². The number of Topliss-reactive ketones (excluding diaryl/α,β-unsaturated/α-hetero) is 2. The van der Waals surface area contributed by atoms with Crippen LogP contribution in [0.4, 0.5) is 0 Å². The van der Waals surface area contributed by atoms with Gasteiger partial charge in [0.05, 0.1) is 6.07 Å². The molecule has 0 N–H and O–H groups in total. The van der Waals surface area contributed by atoms with Gasteiger partial charge < -0.3 is 4.90 Å². The minimum absolute atomic E-state index is 0.0425. The van der Waals surface area contributed by atoms with E-state index in [4.69, 9.17) is 0 Å². The zero-order chi connectivity index (χ0) is 16.4. The van der Waals surface area contributed by atoms with E-state index in [1.54, 1.807) is 35.2 Å². The zero-order valence-corrected chi connectivity index (χ0v) is 12.8. The van der Waals surface area contributed by atoms with Crippen molar-refractivity contribution in [2.75, 3.05) is 13.1 Å². The molecular weight excluding hydrogens is 292 g/mol. The van der Waals surface area contributed by atoms with Gasteiger partial charge in [0.15, 0.2) is 17.5 Å². The van der Waals surface area contributed by atoms with Crippen LogP contribution < -0.4 is 0 Å².